The van der Waals surface area contributed by atoms with Crippen LogP contribution in [0.3, 0.4) is 0 Å². The fourth-order valence-electron chi connectivity index (χ4n) is 3.41. The average Bonchev–Trinajstić information content (AvgIpc) is 3.01. The summed E-state index contributed by atoms with van der Waals surface area (Å²) in [5.74, 6) is 0. The molecule has 1 aromatic carbocycles. The highest BCUT2D eigenvalue weighted by atomic mass is 32.1. The predicted molar refractivity (Wildman–Crippen MR) is 95.5 cm³/mol. The normalized spacial score (nSPS) is 22.4. The van der Waals surface area contributed by atoms with E-state index in [1.807, 2.05) is 0 Å². The van der Waals surface area contributed by atoms with Crippen molar-refractivity contribution in [3.8, 4) is 0 Å². The molecule has 1 aliphatic heterocycles. The van der Waals surface area contributed by atoms with E-state index >= 15 is 0 Å². The smallest absolute Gasteiger partial charge is 0.105 e. The van der Waals surface area contributed by atoms with Crippen molar-refractivity contribution in [3.63, 3.8) is 0 Å². The third-order valence-electron chi connectivity index (χ3n) is 4.74. The summed E-state index contributed by atoms with van der Waals surface area (Å²) in [5.41, 5.74) is 4.59. The van der Waals surface area contributed by atoms with Gasteiger partial charge in [0.05, 0.1) is 18.3 Å². The van der Waals surface area contributed by atoms with E-state index in [-0.39, 0.29) is 12.0 Å². The Morgan fingerprint density at radius 2 is 2.17 bits per heavy atom. The van der Waals surface area contributed by atoms with E-state index < -0.39 is 0 Å². The van der Waals surface area contributed by atoms with Crippen LogP contribution in [0.5, 0.6) is 0 Å². The molecule has 0 amide bonds. The third-order valence-corrected chi connectivity index (χ3v) is 5.30. The number of likely N-dealkylation sites (tertiary alicyclic amines) is 1. The molecular weight excluding hydrogens is 306 g/mol. The van der Waals surface area contributed by atoms with Gasteiger partial charge in [0, 0.05) is 18.5 Å². The zero-order valence-electron chi connectivity index (χ0n) is 14.0. The summed E-state index contributed by atoms with van der Waals surface area (Å²) in [6.07, 6.45) is 5.50. The van der Waals surface area contributed by atoms with Crippen molar-refractivity contribution in [2.24, 2.45) is 5.41 Å². The van der Waals surface area contributed by atoms with Crippen LogP contribution in [0.25, 0.3) is 11.0 Å². The van der Waals surface area contributed by atoms with E-state index in [0.29, 0.717) is 0 Å². The van der Waals surface area contributed by atoms with Gasteiger partial charge in [-0.25, -0.2) is 0 Å². The minimum Gasteiger partial charge on any atom is -0.396 e. The molecule has 1 fully saturated rings. The molecule has 0 saturated carbocycles. The molecule has 2 heterocycles. The van der Waals surface area contributed by atoms with Gasteiger partial charge >= 0.3 is 0 Å². The lowest BCUT2D eigenvalue weighted by Crippen LogP contribution is -2.44. The van der Waals surface area contributed by atoms with Crippen LogP contribution in [-0.2, 0) is 6.54 Å². The summed E-state index contributed by atoms with van der Waals surface area (Å²) in [6, 6.07) is 6.35. The van der Waals surface area contributed by atoms with Crippen molar-refractivity contribution in [2.45, 2.75) is 39.7 Å². The van der Waals surface area contributed by atoms with Crippen LogP contribution in [0.1, 0.15) is 38.7 Å². The second kappa shape index (κ2) is 7.07. The van der Waals surface area contributed by atoms with E-state index in [0.717, 1.165) is 49.9 Å². The Labute approximate surface area is 142 Å². The van der Waals surface area contributed by atoms with E-state index in [4.69, 9.17) is 0 Å². The lowest BCUT2D eigenvalue weighted by Gasteiger charge is -2.41. The number of piperidine rings is 1. The molecule has 2 aromatic rings. The highest BCUT2D eigenvalue weighted by Crippen LogP contribution is 2.34. The van der Waals surface area contributed by atoms with Gasteiger partial charge in [-0.2, -0.15) is 8.75 Å². The average molecular weight is 331 g/mol. The molecule has 23 heavy (non-hydrogen) atoms. The van der Waals surface area contributed by atoms with E-state index in [9.17, 15) is 5.11 Å². The first kappa shape index (κ1) is 16.6. The lowest BCUT2D eigenvalue weighted by atomic mass is 9.77. The summed E-state index contributed by atoms with van der Waals surface area (Å²) in [4.78, 5) is 2.47. The monoisotopic (exact) mass is 331 g/mol. The highest BCUT2D eigenvalue weighted by Gasteiger charge is 2.34. The minimum atomic E-state index is 0.0157. The SMILES string of the molecule is CC(C)=CCC1(CO)CCCN(Cc2ccc3nsnc3c2)C1. The Kier molecular flexibility index (Phi) is 5.09. The molecule has 4 nitrogen and oxygen atoms in total. The summed E-state index contributed by atoms with van der Waals surface area (Å²) < 4.78 is 8.59. The quantitative estimate of drug-likeness (QED) is 0.850. The summed E-state index contributed by atoms with van der Waals surface area (Å²) in [6.45, 7) is 7.50. The van der Waals surface area contributed by atoms with Crippen molar-refractivity contribution in [1.29, 1.82) is 0 Å². The molecule has 0 radical (unpaired) electrons. The Hall–Kier alpha value is -1.30. The van der Waals surface area contributed by atoms with E-state index in [1.54, 1.807) is 0 Å². The van der Waals surface area contributed by atoms with Crippen molar-refractivity contribution >= 4 is 22.8 Å². The van der Waals surface area contributed by atoms with Crippen LogP contribution in [0.15, 0.2) is 29.8 Å². The predicted octanol–water partition coefficient (Wildman–Crippen LogP) is 3.62. The number of hydrogen-bond donors (Lipinski definition) is 1. The van der Waals surface area contributed by atoms with Gasteiger partial charge in [0.15, 0.2) is 0 Å². The standard InChI is InChI=1S/C18H25N3OS/c1-14(2)6-8-18(13-22)7-3-9-21(12-18)11-15-4-5-16-17(10-15)20-23-19-16/h4-6,10,22H,3,7-9,11-13H2,1-2H3. The van der Waals surface area contributed by atoms with Gasteiger partial charge in [-0.05, 0) is 57.4 Å². The summed E-state index contributed by atoms with van der Waals surface area (Å²) in [7, 11) is 0. The van der Waals surface area contributed by atoms with Crippen molar-refractivity contribution < 1.29 is 5.11 Å². The van der Waals surface area contributed by atoms with Crippen molar-refractivity contribution in [3.05, 3.63) is 35.4 Å². The topological polar surface area (TPSA) is 49.2 Å². The molecule has 0 bridgehead atoms. The molecule has 1 N–H and O–H groups in total. The maximum absolute atomic E-state index is 9.98. The van der Waals surface area contributed by atoms with Gasteiger partial charge in [0.2, 0.25) is 0 Å². The van der Waals surface area contributed by atoms with Crippen LogP contribution in [0, 0.1) is 5.41 Å². The number of fused-ring (bicyclic) bond motifs is 1. The number of aliphatic hydroxyl groups excluding tert-OH is 1. The number of hydrogen-bond acceptors (Lipinski definition) is 5. The van der Waals surface area contributed by atoms with Gasteiger partial charge in [-0.15, -0.1) is 0 Å². The molecule has 1 atom stereocenters. The molecule has 3 rings (SSSR count). The first-order valence-corrected chi connectivity index (χ1v) is 9.01. The Balaban J connectivity index is 1.70. The van der Waals surface area contributed by atoms with Gasteiger partial charge in [-0.1, -0.05) is 17.7 Å². The first-order valence-electron chi connectivity index (χ1n) is 8.28. The Bertz CT molecular complexity index is 692. The van der Waals surface area contributed by atoms with E-state index in [1.165, 1.54) is 22.9 Å². The van der Waals surface area contributed by atoms with Gasteiger partial charge in [0.1, 0.15) is 11.0 Å². The van der Waals surface area contributed by atoms with Gasteiger partial charge in [0.25, 0.3) is 0 Å². The lowest BCUT2D eigenvalue weighted by molar-refractivity contribution is 0.0307. The number of aliphatic hydroxyl groups is 1. The first-order chi connectivity index (χ1) is 11.1. The number of nitrogens with zero attached hydrogens (tertiary/aromatic N) is 3. The zero-order valence-corrected chi connectivity index (χ0v) is 14.8. The van der Waals surface area contributed by atoms with E-state index in [2.05, 4.69) is 51.8 Å². The Morgan fingerprint density at radius 3 is 2.96 bits per heavy atom. The number of rotatable bonds is 5. The maximum Gasteiger partial charge on any atom is 0.105 e. The highest BCUT2D eigenvalue weighted by molar-refractivity contribution is 7.00. The van der Waals surface area contributed by atoms with Crippen LogP contribution in [-0.4, -0.2) is 38.4 Å². The number of allylic oxidation sites excluding steroid dienone is 2. The minimum absolute atomic E-state index is 0.0157. The van der Waals surface area contributed by atoms with Crippen LogP contribution in [0.2, 0.25) is 0 Å². The van der Waals surface area contributed by atoms with Crippen LogP contribution >= 0.6 is 11.7 Å². The molecule has 1 unspecified atom stereocenters. The molecule has 1 aliphatic rings. The second-order valence-electron chi connectivity index (χ2n) is 7.05. The third kappa shape index (κ3) is 3.97. The van der Waals surface area contributed by atoms with Crippen molar-refractivity contribution in [1.82, 2.24) is 13.6 Å². The molecule has 5 heteroatoms. The summed E-state index contributed by atoms with van der Waals surface area (Å²) >= 11 is 1.27. The molecule has 0 spiro atoms. The van der Waals surface area contributed by atoms with Crippen molar-refractivity contribution in [2.75, 3.05) is 19.7 Å². The number of aromatic nitrogens is 2. The van der Waals surface area contributed by atoms with Gasteiger partial charge in [-0.3, -0.25) is 4.90 Å². The summed E-state index contributed by atoms with van der Waals surface area (Å²) in [5, 5.41) is 9.98. The zero-order chi connectivity index (χ0) is 16.3. The van der Waals surface area contributed by atoms with Crippen LogP contribution < -0.4 is 0 Å². The molecule has 1 saturated heterocycles. The fraction of sp³-hybridized carbons (Fsp3) is 0.556. The Morgan fingerprint density at radius 1 is 1.35 bits per heavy atom. The molecule has 0 aliphatic carbocycles. The van der Waals surface area contributed by atoms with Gasteiger partial charge < -0.3 is 5.11 Å². The maximum atomic E-state index is 9.98. The number of benzene rings is 1. The molecule has 1 aromatic heterocycles. The van der Waals surface area contributed by atoms with Crippen LogP contribution in [0.4, 0.5) is 0 Å². The largest absolute Gasteiger partial charge is 0.396 e. The molecular formula is C18H25N3OS. The fourth-order valence-corrected chi connectivity index (χ4v) is 3.93. The molecule has 124 valence electrons. The second-order valence-corrected chi connectivity index (χ2v) is 7.57.